The number of halogens is 1. The molecule has 0 aromatic heterocycles. The fraction of sp³-hybridized carbons (Fsp3) is 0.333. The maximum absolute atomic E-state index is 12.9. The standard InChI is InChI=1S/C9H11FO/c1-9(2,10)11-8-6-4-3-5-7-8/h3-7H,1-2H3. The Bertz CT molecular complexity index is 213. The molecule has 0 aliphatic carbocycles. The summed E-state index contributed by atoms with van der Waals surface area (Å²) in [7, 11) is 0. The second kappa shape index (κ2) is 2.91. The zero-order chi connectivity index (χ0) is 8.32. The van der Waals surface area contributed by atoms with Crippen LogP contribution in [0.3, 0.4) is 0 Å². The average Bonchev–Trinajstić information content (AvgIpc) is 1.85. The van der Waals surface area contributed by atoms with Crippen LogP contribution >= 0.6 is 0 Å². The summed E-state index contributed by atoms with van der Waals surface area (Å²) in [5, 5.41) is 0. The van der Waals surface area contributed by atoms with Crippen molar-refractivity contribution in [2.45, 2.75) is 19.7 Å². The van der Waals surface area contributed by atoms with E-state index < -0.39 is 5.85 Å². The van der Waals surface area contributed by atoms with E-state index in [4.69, 9.17) is 4.74 Å². The van der Waals surface area contributed by atoms with Gasteiger partial charge in [-0.25, -0.2) is 0 Å². The zero-order valence-electron chi connectivity index (χ0n) is 6.67. The van der Waals surface area contributed by atoms with Crippen molar-refractivity contribution in [1.29, 1.82) is 0 Å². The summed E-state index contributed by atoms with van der Waals surface area (Å²) in [6.45, 7) is 2.75. The van der Waals surface area contributed by atoms with Gasteiger partial charge in [0.25, 0.3) is 0 Å². The Labute approximate surface area is 65.8 Å². The van der Waals surface area contributed by atoms with E-state index in [0.29, 0.717) is 5.75 Å². The molecule has 11 heavy (non-hydrogen) atoms. The maximum atomic E-state index is 12.9. The summed E-state index contributed by atoms with van der Waals surface area (Å²) < 4.78 is 17.8. The molecule has 0 amide bonds. The van der Waals surface area contributed by atoms with Crippen LogP contribution in [0.25, 0.3) is 0 Å². The third-order valence-electron chi connectivity index (χ3n) is 1.10. The van der Waals surface area contributed by atoms with Crippen molar-refractivity contribution in [1.82, 2.24) is 0 Å². The van der Waals surface area contributed by atoms with E-state index in [0.717, 1.165) is 0 Å². The first kappa shape index (κ1) is 8.05. The van der Waals surface area contributed by atoms with Gasteiger partial charge in [-0.15, -0.1) is 0 Å². The molecular weight excluding hydrogens is 143 g/mol. The largest absolute Gasteiger partial charge is 0.459 e. The summed E-state index contributed by atoms with van der Waals surface area (Å²) in [4.78, 5) is 0. The molecule has 0 fully saturated rings. The van der Waals surface area contributed by atoms with Crippen LogP contribution in [0.1, 0.15) is 13.8 Å². The molecule has 0 radical (unpaired) electrons. The molecule has 2 heteroatoms. The van der Waals surface area contributed by atoms with Crippen molar-refractivity contribution in [3.63, 3.8) is 0 Å². The molecule has 0 atom stereocenters. The molecule has 0 saturated heterocycles. The van der Waals surface area contributed by atoms with E-state index in [-0.39, 0.29) is 0 Å². The predicted molar refractivity (Wildman–Crippen MR) is 42.3 cm³/mol. The molecule has 1 aromatic carbocycles. The third kappa shape index (κ3) is 3.03. The summed E-state index contributed by atoms with van der Waals surface area (Å²) in [6.07, 6.45) is 0. The van der Waals surface area contributed by atoms with E-state index in [1.807, 2.05) is 6.07 Å². The molecule has 1 rings (SSSR count). The van der Waals surface area contributed by atoms with Crippen LogP contribution in [0.4, 0.5) is 4.39 Å². The summed E-state index contributed by atoms with van der Waals surface area (Å²) in [6, 6.07) is 8.92. The molecule has 0 heterocycles. The highest BCUT2D eigenvalue weighted by Gasteiger charge is 2.15. The van der Waals surface area contributed by atoms with Crippen molar-refractivity contribution in [3.05, 3.63) is 30.3 Å². The fourth-order valence-electron chi connectivity index (χ4n) is 0.769. The van der Waals surface area contributed by atoms with Crippen molar-refractivity contribution < 1.29 is 9.13 Å². The zero-order valence-corrected chi connectivity index (χ0v) is 6.67. The van der Waals surface area contributed by atoms with E-state index in [1.165, 1.54) is 13.8 Å². The lowest BCUT2D eigenvalue weighted by atomic mass is 10.3. The number of para-hydroxylation sites is 1. The van der Waals surface area contributed by atoms with Crippen LogP contribution in [0, 0.1) is 0 Å². The van der Waals surface area contributed by atoms with Gasteiger partial charge in [-0.05, 0) is 12.1 Å². The van der Waals surface area contributed by atoms with Crippen molar-refractivity contribution in [3.8, 4) is 5.75 Å². The molecule has 60 valence electrons. The van der Waals surface area contributed by atoms with E-state index in [2.05, 4.69) is 0 Å². The lowest BCUT2D eigenvalue weighted by molar-refractivity contribution is -0.0256. The fourth-order valence-corrected chi connectivity index (χ4v) is 0.769. The number of hydrogen-bond donors (Lipinski definition) is 0. The lowest BCUT2D eigenvalue weighted by Crippen LogP contribution is -2.20. The second-order valence-corrected chi connectivity index (χ2v) is 2.78. The highest BCUT2D eigenvalue weighted by molar-refractivity contribution is 5.21. The predicted octanol–water partition coefficient (Wildman–Crippen LogP) is 2.77. The molecule has 0 bridgehead atoms. The Morgan fingerprint density at radius 3 is 2.18 bits per heavy atom. The highest BCUT2D eigenvalue weighted by Crippen LogP contribution is 2.17. The number of rotatable bonds is 2. The van der Waals surface area contributed by atoms with Gasteiger partial charge in [0.2, 0.25) is 5.85 Å². The highest BCUT2D eigenvalue weighted by atomic mass is 19.2. The van der Waals surface area contributed by atoms with Gasteiger partial charge in [-0.1, -0.05) is 18.2 Å². The van der Waals surface area contributed by atoms with Crippen molar-refractivity contribution in [2.24, 2.45) is 0 Å². The molecular formula is C9H11FO. The molecule has 0 aliphatic rings. The van der Waals surface area contributed by atoms with Gasteiger partial charge in [0.1, 0.15) is 5.75 Å². The van der Waals surface area contributed by atoms with Crippen LogP contribution < -0.4 is 4.74 Å². The first-order valence-electron chi connectivity index (χ1n) is 3.51. The minimum Gasteiger partial charge on any atom is -0.459 e. The Morgan fingerprint density at radius 1 is 1.18 bits per heavy atom. The Morgan fingerprint density at radius 2 is 1.73 bits per heavy atom. The lowest BCUT2D eigenvalue weighted by Gasteiger charge is -2.16. The smallest absolute Gasteiger partial charge is 0.242 e. The van der Waals surface area contributed by atoms with Crippen LogP contribution in [-0.2, 0) is 0 Å². The van der Waals surface area contributed by atoms with Gasteiger partial charge in [-0.2, -0.15) is 4.39 Å². The quantitative estimate of drug-likeness (QED) is 0.636. The number of ether oxygens (including phenoxy) is 1. The van der Waals surface area contributed by atoms with Crippen molar-refractivity contribution in [2.75, 3.05) is 0 Å². The van der Waals surface area contributed by atoms with Gasteiger partial charge < -0.3 is 4.74 Å². The third-order valence-corrected chi connectivity index (χ3v) is 1.10. The van der Waals surface area contributed by atoms with Gasteiger partial charge in [0, 0.05) is 13.8 Å². The minimum absolute atomic E-state index is 0.556. The van der Waals surface area contributed by atoms with Crippen LogP contribution in [0.2, 0.25) is 0 Å². The van der Waals surface area contributed by atoms with Gasteiger partial charge >= 0.3 is 0 Å². The SMILES string of the molecule is CC(C)(F)Oc1ccccc1. The average molecular weight is 154 g/mol. The Kier molecular flexibility index (Phi) is 2.13. The monoisotopic (exact) mass is 154 g/mol. The van der Waals surface area contributed by atoms with Gasteiger partial charge in [-0.3, -0.25) is 0 Å². The number of benzene rings is 1. The van der Waals surface area contributed by atoms with E-state index in [1.54, 1.807) is 24.3 Å². The summed E-state index contributed by atoms with van der Waals surface area (Å²) in [5.74, 6) is -1.04. The first-order valence-corrected chi connectivity index (χ1v) is 3.51. The second-order valence-electron chi connectivity index (χ2n) is 2.78. The Balaban J connectivity index is 2.66. The maximum Gasteiger partial charge on any atom is 0.242 e. The van der Waals surface area contributed by atoms with Gasteiger partial charge in [0.05, 0.1) is 0 Å². The molecule has 0 saturated carbocycles. The summed E-state index contributed by atoms with van der Waals surface area (Å²) in [5.41, 5.74) is 0. The molecule has 1 aromatic rings. The van der Waals surface area contributed by atoms with E-state index in [9.17, 15) is 4.39 Å². The molecule has 0 N–H and O–H groups in total. The molecule has 1 nitrogen and oxygen atoms in total. The number of hydrogen-bond acceptors (Lipinski definition) is 1. The number of alkyl halides is 1. The van der Waals surface area contributed by atoms with Crippen LogP contribution in [0.5, 0.6) is 5.75 Å². The minimum atomic E-state index is -1.60. The van der Waals surface area contributed by atoms with Crippen LogP contribution in [-0.4, -0.2) is 5.85 Å². The molecule has 0 aliphatic heterocycles. The van der Waals surface area contributed by atoms with Gasteiger partial charge in [0.15, 0.2) is 0 Å². The first-order chi connectivity index (χ1) is 5.08. The molecule has 0 unspecified atom stereocenters. The normalized spacial score (nSPS) is 11.2. The van der Waals surface area contributed by atoms with E-state index >= 15 is 0 Å². The van der Waals surface area contributed by atoms with Crippen LogP contribution in [0.15, 0.2) is 30.3 Å². The topological polar surface area (TPSA) is 9.23 Å². The Hall–Kier alpha value is -1.05. The summed E-state index contributed by atoms with van der Waals surface area (Å²) >= 11 is 0. The molecule has 0 spiro atoms. The van der Waals surface area contributed by atoms with Crippen molar-refractivity contribution >= 4 is 0 Å².